The first-order chi connectivity index (χ1) is 5.97. The third-order valence-corrected chi connectivity index (χ3v) is 4.78. The molecule has 0 aromatic rings. The van der Waals surface area contributed by atoms with Gasteiger partial charge in [0.15, 0.2) is 0 Å². The summed E-state index contributed by atoms with van der Waals surface area (Å²) in [6.45, 7) is 4.68. The van der Waals surface area contributed by atoms with Crippen molar-refractivity contribution in [3.8, 4) is 0 Å². The predicted molar refractivity (Wildman–Crippen MR) is 54.5 cm³/mol. The van der Waals surface area contributed by atoms with Crippen molar-refractivity contribution >= 4 is 21.6 Å². The van der Waals surface area contributed by atoms with E-state index in [0.717, 1.165) is 6.42 Å². The molecule has 2 unspecified atom stereocenters. The van der Waals surface area contributed by atoms with E-state index in [-0.39, 0.29) is 17.7 Å². The Morgan fingerprint density at radius 3 is 2.46 bits per heavy atom. The molecule has 0 aromatic carbocycles. The Hall–Kier alpha value is 0.200. The Morgan fingerprint density at radius 1 is 1.46 bits per heavy atom. The predicted octanol–water partition coefficient (Wildman–Crippen LogP) is 1.29. The summed E-state index contributed by atoms with van der Waals surface area (Å²) in [6.07, 6.45) is 0.960. The van der Waals surface area contributed by atoms with Crippen molar-refractivity contribution in [2.24, 2.45) is 5.92 Å². The second-order valence-electron chi connectivity index (χ2n) is 3.76. The molecule has 0 bridgehead atoms. The summed E-state index contributed by atoms with van der Waals surface area (Å²) in [6, 6.07) is 0.142. The highest BCUT2D eigenvalue weighted by Gasteiger charge is 2.34. The van der Waals surface area contributed by atoms with Crippen molar-refractivity contribution in [1.82, 2.24) is 4.31 Å². The van der Waals surface area contributed by atoms with Gasteiger partial charge in [-0.1, -0.05) is 6.92 Å². The van der Waals surface area contributed by atoms with Gasteiger partial charge in [-0.15, -0.1) is 11.6 Å². The number of alkyl halides is 1. The Morgan fingerprint density at radius 2 is 2.08 bits per heavy atom. The highest BCUT2D eigenvalue weighted by molar-refractivity contribution is 7.89. The molecule has 0 aliphatic carbocycles. The SMILES string of the molecule is CC1CC(C)N(S(=O)(=O)CCCl)C1. The van der Waals surface area contributed by atoms with Gasteiger partial charge < -0.3 is 0 Å². The average Bonchev–Trinajstić information content (AvgIpc) is 2.30. The smallest absolute Gasteiger partial charge is 0.212 e. The summed E-state index contributed by atoms with van der Waals surface area (Å²) in [5.74, 6) is 0.714. The summed E-state index contributed by atoms with van der Waals surface area (Å²) >= 11 is 5.44. The van der Waals surface area contributed by atoms with E-state index in [4.69, 9.17) is 11.6 Å². The van der Waals surface area contributed by atoms with Gasteiger partial charge in [0, 0.05) is 18.5 Å². The van der Waals surface area contributed by atoms with Crippen molar-refractivity contribution in [3.05, 3.63) is 0 Å². The molecule has 0 radical (unpaired) electrons. The Balaban J connectivity index is 2.72. The zero-order valence-electron chi connectivity index (χ0n) is 8.03. The monoisotopic (exact) mass is 225 g/mol. The number of nitrogens with zero attached hydrogens (tertiary/aromatic N) is 1. The van der Waals surface area contributed by atoms with Crippen LogP contribution >= 0.6 is 11.6 Å². The molecule has 0 amide bonds. The summed E-state index contributed by atoms with van der Waals surface area (Å²) in [7, 11) is -3.09. The third-order valence-electron chi connectivity index (χ3n) is 2.42. The molecule has 13 heavy (non-hydrogen) atoms. The molecule has 1 aliphatic rings. The quantitative estimate of drug-likeness (QED) is 0.679. The van der Waals surface area contributed by atoms with E-state index in [9.17, 15) is 8.42 Å². The molecule has 2 atom stereocenters. The van der Waals surface area contributed by atoms with Crippen molar-refractivity contribution in [3.63, 3.8) is 0 Å². The summed E-state index contributed by atoms with van der Waals surface area (Å²) in [4.78, 5) is 0. The van der Waals surface area contributed by atoms with E-state index in [1.165, 1.54) is 0 Å². The summed E-state index contributed by atoms with van der Waals surface area (Å²) < 4.78 is 24.8. The molecule has 1 fully saturated rings. The van der Waals surface area contributed by atoms with Crippen molar-refractivity contribution < 1.29 is 8.42 Å². The van der Waals surface area contributed by atoms with E-state index in [1.807, 2.05) is 6.92 Å². The lowest BCUT2D eigenvalue weighted by Crippen LogP contribution is -2.36. The van der Waals surface area contributed by atoms with Crippen molar-refractivity contribution in [2.45, 2.75) is 26.3 Å². The molecule has 78 valence electrons. The van der Waals surface area contributed by atoms with Crippen molar-refractivity contribution in [1.29, 1.82) is 0 Å². The molecule has 1 heterocycles. The van der Waals surface area contributed by atoms with Gasteiger partial charge in [-0.25, -0.2) is 8.42 Å². The van der Waals surface area contributed by atoms with Crippen LogP contribution in [-0.2, 0) is 10.0 Å². The fourth-order valence-electron chi connectivity index (χ4n) is 1.86. The number of halogens is 1. The van der Waals surface area contributed by atoms with E-state index in [2.05, 4.69) is 6.92 Å². The molecular weight excluding hydrogens is 210 g/mol. The molecule has 5 heteroatoms. The molecule has 0 N–H and O–H groups in total. The molecule has 1 aliphatic heterocycles. The Bertz CT molecular complexity index is 265. The normalized spacial score (nSPS) is 31.0. The lowest BCUT2D eigenvalue weighted by molar-refractivity contribution is 0.406. The Labute approximate surface area is 85.1 Å². The molecule has 0 spiro atoms. The molecule has 1 rings (SSSR count). The van der Waals surface area contributed by atoms with Crippen LogP contribution in [0.2, 0.25) is 0 Å². The maximum Gasteiger partial charge on any atom is 0.215 e. The topological polar surface area (TPSA) is 37.4 Å². The summed E-state index contributed by atoms with van der Waals surface area (Å²) in [5, 5.41) is 0. The van der Waals surface area contributed by atoms with Crippen LogP contribution in [0.5, 0.6) is 0 Å². The minimum absolute atomic E-state index is 0.0611. The van der Waals surface area contributed by atoms with Gasteiger partial charge in [0.1, 0.15) is 0 Å². The highest BCUT2D eigenvalue weighted by Crippen LogP contribution is 2.25. The number of rotatable bonds is 3. The van der Waals surface area contributed by atoms with Gasteiger partial charge in [-0.05, 0) is 19.3 Å². The van der Waals surface area contributed by atoms with E-state index >= 15 is 0 Å². The number of sulfonamides is 1. The molecule has 3 nitrogen and oxygen atoms in total. The van der Waals surface area contributed by atoms with Gasteiger partial charge in [0.05, 0.1) is 5.75 Å². The van der Waals surface area contributed by atoms with E-state index in [0.29, 0.717) is 12.5 Å². The van der Waals surface area contributed by atoms with Crippen LogP contribution in [0.4, 0.5) is 0 Å². The standard InChI is InChI=1S/C8H16ClNO2S/c1-7-5-8(2)10(6-7)13(11,12)4-3-9/h7-8H,3-6H2,1-2H3. The van der Waals surface area contributed by atoms with Crippen LogP contribution in [-0.4, -0.2) is 36.9 Å². The average molecular weight is 226 g/mol. The first-order valence-corrected chi connectivity index (χ1v) is 6.67. The lowest BCUT2D eigenvalue weighted by Gasteiger charge is -2.20. The zero-order chi connectivity index (χ0) is 10.1. The lowest BCUT2D eigenvalue weighted by atomic mass is 10.1. The molecule has 0 aromatic heterocycles. The van der Waals surface area contributed by atoms with Gasteiger partial charge in [-0.3, -0.25) is 0 Å². The minimum Gasteiger partial charge on any atom is -0.212 e. The Kier molecular flexibility index (Phi) is 3.60. The van der Waals surface area contributed by atoms with Crippen LogP contribution < -0.4 is 0 Å². The van der Waals surface area contributed by atoms with Crippen LogP contribution in [0.25, 0.3) is 0 Å². The van der Waals surface area contributed by atoms with E-state index in [1.54, 1.807) is 4.31 Å². The second kappa shape index (κ2) is 4.15. The first kappa shape index (κ1) is 11.3. The fraction of sp³-hybridized carbons (Fsp3) is 1.00. The second-order valence-corrected chi connectivity index (χ2v) is 6.18. The largest absolute Gasteiger partial charge is 0.215 e. The van der Waals surface area contributed by atoms with Gasteiger partial charge in [0.25, 0.3) is 0 Å². The first-order valence-electron chi connectivity index (χ1n) is 4.53. The number of hydrogen-bond acceptors (Lipinski definition) is 2. The van der Waals surface area contributed by atoms with E-state index < -0.39 is 10.0 Å². The third kappa shape index (κ3) is 2.58. The fourth-order valence-corrected chi connectivity index (χ4v) is 3.99. The number of hydrogen-bond donors (Lipinski definition) is 0. The van der Waals surface area contributed by atoms with Crippen LogP contribution in [0.3, 0.4) is 0 Å². The molecular formula is C8H16ClNO2S. The minimum atomic E-state index is -3.09. The van der Waals surface area contributed by atoms with Gasteiger partial charge >= 0.3 is 0 Å². The molecule has 0 saturated carbocycles. The maximum atomic E-state index is 11.6. The molecule has 1 saturated heterocycles. The van der Waals surface area contributed by atoms with Crippen LogP contribution in [0.15, 0.2) is 0 Å². The maximum absolute atomic E-state index is 11.6. The van der Waals surface area contributed by atoms with Crippen LogP contribution in [0.1, 0.15) is 20.3 Å². The summed E-state index contributed by atoms with van der Waals surface area (Å²) in [5.41, 5.74) is 0. The highest BCUT2D eigenvalue weighted by atomic mass is 35.5. The van der Waals surface area contributed by atoms with Gasteiger partial charge in [0.2, 0.25) is 10.0 Å². The van der Waals surface area contributed by atoms with Crippen LogP contribution in [0, 0.1) is 5.92 Å². The van der Waals surface area contributed by atoms with Crippen molar-refractivity contribution in [2.75, 3.05) is 18.2 Å². The zero-order valence-corrected chi connectivity index (χ0v) is 9.61. The van der Waals surface area contributed by atoms with Gasteiger partial charge in [-0.2, -0.15) is 4.31 Å².